The van der Waals surface area contributed by atoms with Gasteiger partial charge in [0.05, 0.1) is 19.2 Å². The lowest BCUT2D eigenvalue weighted by atomic mass is 10.2. The molecule has 114 valence electrons. The summed E-state index contributed by atoms with van der Waals surface area (Å²) in [7, 11) is 1.33. The molecule has 0 bridgehead atoms. The van der Waals surface area contributed by atoms with Crippen LogP contribution in [-0.4, -0.2) is 25.5 Å². The van der Waals surface area contributed by atoms with E-state index in [1.165, 1.54) is 12.7 Å². The number of methoxy groups -OCH3 is 1. The second-order valence-corrected chi connectivity index (χ2v) is 4.84. The van der Waals surface area contributed by atoms with E-state index in [0.29, 0.717) is 11.3 Å². The van der Waals surface area contributed by atoms with Gasteiger partial charge in [0.25, 0.3) is 0 Å². The molecule has 1 amide bonds. The Labute approximate surface area is 129 Å². The Balaban J connectivity index is 1.86. The molecule has 0 atom stereocenters. The fourth-order valence-corrected chi connectivity index (χ4v) is 1.87. The highest BCUT2D eigenvalue weighted by Crippen LogP contribution is 2.11. The van der Waals surface area contributed by atoms with Crippen LogP contribution in [0.4, 0.5) is 11.4 Å². The van der Waals surface area contributed by atoms with Crippen molar-refractivity contribution < 1.29 is 14.3 Å². The molecule has 2 N–H and O–H groups in total. The average molecular weight is 298 g/mol. The Hall–Kier alpha value is -2.82. The minimum atomic E-state index is -0.404. The molecular weight excluding hydrogens is 280 g/mol. The minimum absolute atomic E-state index is 0.161. The minimum Gasteiger partial charge on any atom is -0.465 e. The predicted molar refractivity (Wildman–Crippen MR) is 86.1 cm³/mol. The Morgan fingerprint density at radius 1 is 0.955 bits per heavy atom. The zero-order chi connectivity index (χ0) is 15.9. The summed E-state index contributed by atoms with van der Waals surface area (Å²) < 4.78 is 4.62. The standard InChI is InChI=1S/C17H18N2O3/c1-12-3-7-14(8-4-12)18-11-16(20)19-15-9-5-13(6-10-15)17(21)22-2/h3-10,18H,11H2,1-2H3,(H,19,20). The first kappa shape index (κ1) is 15.6. The molecule has 0 saturated heterocycles. The van der Waals surface area contributed by atoms with Gasteiger partial charge in [-0.1, -0.05) is 17.7 Å². The van der Waals surface area contributed by atoms with E-state index in [0.717, 1.165) is 5.69 Å². The Morgan fingerprint density at radius 2 is 1.55 bits per heavy atom. The molecule has 2 aromatic rings. The van der Waals surface area contributed by atoms with Crippen LogP contribution in [-0.2, 0) is 9.53 Å². The van der Waals surface area contributed by atoms with E-state index in [4.69, 9.17) is 0 Å². The first-order valence-corrected chi connectivity index (χ1v) is 6.87. The van der Waals surface area contributed by atoms with Crippen molar-refractivity contribution in [2.75, 3.05) is 24.3 Å². The molecule has 0 radical (unpaired) electrons. The lowest BCUT2D eigenvalue weighted by molar-refractivity contribution is -0.114. The summed E-state index contributed by atoms with van der Waals surface area (Å²) in [6.07, 6.45) is 0. The van der Waals surface area contributed by atoms with Gasteiger partial charge in [0, 0.05) is 11.4 Å². The molecular formula is C17H18N2O3. The summed E-state index contributed by atoms with van der Waals surface area (Å²) in [5.74, 6) is -0.565. The molecule has 0 heterocycles. The molecule has 0 unspecified atom stereocenters. The lowest BCUT2D eigenvalue weighted by Gasteiger charge is -2.08. The second-order valence-electron chi connectivity index (χ2n) is 4.84. The number of benzene rings is 2. The van der Waals surface area contributed by atoms with Gasteiger partial charge in [-0.25, -0.2) is 4.79 Å². The normalized spacial score (nSPS) is 9.91. The highest BCUT2D eigenvalue weighted by atomic mass is 16.5. The molecule has 22 heavy (non-hydrogen) atoms. The third-order valence-corrected chi connectivity index (χ3v) is 3.09. The number of hydrogen-bond acceptors (Lipinski definition) is 4. The van der Waals surface area contributed by atoms with Crippen molar-refractivity contribution in [1.82, 2.24) is 0 Å². The molecule has 0 fully saturated rings. The largest absolute Gasteiger partial charge is 0.465 e. The van der Waals surface area contributed by atoms with Gasteiger partial charge in [-0.3, -0.25) is 4.79 Å². The third kappa shape index (κ3) is 4.34. The van der Waals surface area contributed by atoms with Crippen LogP contribution in [0, 0.1) is 6.92 Å². The first-order chi connectivity index (χ1) is 10.6. The Kier molecular flexibility index (Phi) is 5.14. The van der Waals surface area contributed by atoms with Crippen LogP contribution in [0.1, 0.15) is 15.9 Å². The maximum absolute atomic E-state index is 11.9. The predicted octanol–water partition coefficient (Wildman–Crippen LogP) is 2.83. The van der Waals surface area contributed by atoms with E-state index in [1.807, 2.05) is 31.2 Å². The van der Waals surface area contributed by atoms with E-state index < -0.39 is 5.97 Å². The molecule has 0 aliphatic rings. The fourth-order valence-electron chi connectivity index (χ4n) is 1.87. The van der Waals surface area contributed by atoms with Crippen molar-refractivity contribution in [3.05, 3.63) is 59.7 Å². The van der Waals surface area contributed by atoms with Gasteiger partial charge in [0.2, 0.25) is 5.91 Å². The number of hydrogen-bond donors (Lipinski definition) is 2. The molecule has 0 aromatic heterocycles. The van der Waals surface area contributed by atoms with Gasteiger partial charge in [-0.2, -0.15) is 0 Å². The molecule has 5 heteroatoms. The van der Waals surface area contributed by atoms with E-state index in [-0.39, 0.29) is 12.5 Å². The number of carbonyl (C=O) groups excluding carboxylic acids is 2. The molecule has 2 rings (SSSR count). The molecule has 0 saturated carbocycles. The number of rotatable bonds is 5. The van der Waals surface area contributed by atoms with Gasteiger partial charge in [-0.05, 0) is 43.3 Å². The summed E-state index contributed by atoms with van der Waals surface area (Å²) in [6, 6.07) is 14.3. The van der Waals surface area contributed by atoms with E-state index >= 15 is 0 Å². The fraction of sp³-hybridized carbons (Fsp3) is 0.176. The van der Waals surface area contributed by atoms with Crippen molar-refractivity contribution in [2.24, 2.45) is 0 Å². The zero-order valence-corrected chi connectivity index (χ0v) is 12.6. The van der Waals surface area contributed by atoms with Crippen LogP contribution >= 0.6 is 0 Å². The van der Waals surface area contributed by atoms with Crippen LogP contribution in [0.15, 0.2) is 48.5 Å². The summed E-state index contributed by atoms with van der Waals surface area (Å²) in [5.41, 5.74) is 3.13. The van der Waals surface area contributed by atoms with Crippen molar-refractivity contribution in [1.29, 1.82) is 0 Å². The number of ether oxygens (including phenoxy) is 1. The molecule has 0 spiro atoms. The number of aryl methyl sites for hydroxylation is 1. The van der Waals surface area contributed by atoms with Crippen molar-refractivity contribution in [3.8, 4) is 0 Å². The van der Waals surface area contributed by atoms with Gasteiger partial charge in [0.1, 0.15) is 0 Å². The number of nitrogens with one attached hydrogen (secondary N) is 2. The smallest absolute Gasteiger partial charge is 0.337 e. The van der Waals surface area contributed by atoms with Gasteiger partial charge in [0.15, 0.2) is 0 Å². The van der Waals surface area contributed by atoms with E-state index in [2.05, 4.69) is 15.4 Å². The van der Waals surface area contributed by atoms with Crippen LogP contribution in [0.5, 0.6) is 0 Å². The molecule has 2 aromatic carbocycles. The van der Waals surface area contributed by atoms with Gasteiger partial charge < -0.3 is 15.4 Å². The summed E-state index contributed by atoms with van der Waals surface area (Å²) in [6.45, 7) is 2.18. The highest BCUT2D eigenvalue weighted by molar-refractivity contribution is 5.95. The number of amides is 1. The summed E-state index contributed by atoms with van der Waals surface area (Å²) in [4.78, 5) is 23.2. The van der Waals surface area contributed by atoms with Gasteiger partial charge in [-0.15, -0.1) is 0 Å². The number of esters is 1. The van der Waals surface area contributed by atoms with Crippen molar-refractivity contribution >= 4 is 23.3 Å². The Bertz CT molecular complexity index is 649. The first-order valence-electron chi connectivity index (χ1n) is 6.87. The lowest BCUT2D eigenvalue weighted by Crippen LogP contribution is -2.21. The maximum Gasteiger partial charge on any atom is 0.337 e. The van der Waals surface area contributed by atoms with Crippen molar-refractivity contribution in [3.63, 3.8) is 0 Å². The van der Waals surface area contributed by atoms with Gasteiger partial charge >= 0.3 is 5.97 Å². The van der Waals surface area contributed by atoms with Crippen molar-refractivity contribution in [2.45, 2.75) is 6.92 Å². The van der Waals surface area contributed by atoms with E-state index in [9.17, 15) is 9.59 Å². The quantitative estimate of drug-likeness (QED) is 0.833. The second kappa shape index (κ2) is 7.26. The monoisotopic (exact) mass is 298 g/mol. The SMILES string of the molecule is COC(=O)c1ccc(NC(=O)CNc2ccc(C)cc2)cc1. The summed E-state index contributed by atoms with van der Waals surface area (Å²) in [5, 5.41) is 5.80. The van der Waals surface area contributed by atoms with Crippen LogP contribution in [0.2, 0.25) is 0 Å². The van der Waals surface area contributed by atoms with Crippen LogP contribution in [0.25, 0.3) is 0 Å². The topological polar surface area (TPSA) is 67.4 Å². The van der Waals surface area contributed by atoms with E-state index in [1.54, 1.807) is 24.3 Å². The third-order valence-electron chi connectivity index (χ3n) is 3.09. The average Bonchev–Trinajstić information content (AvgIpc) is 2.54. The molecule has 0 aliphatic heterocycles. The molecule has 5 nitrogen and oxygen atoms in total. The van der Waals surface area contributed by atoms with Crippen LogP contribution in [0.3, 0.4) is 0 Å². The Morgan fingerprint density at radius 3 is 2.14 bits per heavy atom. The number of anilines is 2. The number of carbonyl (C=O) groups is 2. The zero-order valence-electron chi connectivity index (χ0n) is 12.6. The maximum atomic E-state index is 11.9. The summed E-state index contributed by atoms with van der Waals surface area (Å²) >= 11 is 0. The highest BCUT2D eigenvalue weighted by Gasteiger charge is 2.06. The van der Waals surface area contributed by atoms with Crippen LogP contribution < -0.4 is 10.6 Å². The molecule has 0 aliphatic carbocycles.